The van der Waals surface area contributed by atoms with Gasteiger partial charge in [-0.25, -0.2) is 0 Å². The second-order valence-electron chi connectivity index (χ2n) is 3.47. The first kappa shape index (κ1) is 12.1. The molecule has 1 rings (SSSR count). The summed E-state index contributed by atoms with van der Waals surface area (Å²) in [6.07, 6.45) is 6.74. The van der Waals surface area contributed by atoms with E-state index in [2.05, 4.69) is 0 Å². The van der Waals surface area contributed by atoms with Gasteiger partial charge < -0.3 is 0 Å². The molecule has 2 heteroatoms. The second-order valence-corrected chi connectivity index (χ2v) is 3.47. The molecule has 0 amide bonds. The van der Waals surface area contributed by atoms with Crippen LogP contribution in [0, 0.1) is 0 Å². The second kappa shape index (κ2) is 6.51. The molecule has 2 nitrogen and oxygen atoms in total. The third-order valence-electron chi connectivity index (χ3n) is 1.90. The van der Waals surface area contributed by atoms with Gasteiger partial charge >= 0.3 is 0 Å². The molecule has 0 atom stereocenters. The summed E-state index contributed by atoms with van der Waals surface area (Å²) in [7, 11) is 0. The number of ketones is 2. The van der Waals surface area contributed by atoms with E-state index in [-0.39, 0.29) is 18.0 Å². The number of carbonyl (C=O) groups excluding carboxylic acids is 2. The van der Waals surface area contributed by atoms with E-state index in [0.29, 0.717) is 0 Å². The fraction of sp³-hybridized carbons (Fsp3) is 0.143. The molecule has 0 saturated heterocycles. The lowest BCUT2D eigenvalue weighted by Crippen LogP contribution is -1.99. The molecule has 0 heterocycles. The number of hydrogen-bond acceptors (Lipinski definition) is 2. The van der Waals surface area contributed by atoms with Crippen molar-refractivity contribution >= 4 is 17.6 Å². The Labute approximate surface area is 95.3 Å². The lowest BCUT2D eigenvalue weighted by atomic mass is 10.2. The Morgan fingerprint density at radius 1 is 1.12 bits per heavy atom. The van der Waals surface area contributed by atoms with Crippen LogP contribution in [0.15, 0.2) is 48.6 Å². The van der Waals surface area contributed by atoms with Gasteiger partial charge in [0.1, 0.15) is 5.78 Å². The van der Waals surface area contributed by atoms with E-state index < -0.39 is 0 Å². The summed E-state index contributed by atoms with van der Waals surface area (Å²) in [5, 5.41) is 0. The van der Waals surface area contributed by atoms with Gasteiger partial charge in [0, 0.05) is 0 Å². The van der Waals surface area contributed by atoms with E-state index in [4.69, 9.17) is 0 Å². The third-order valence-corrected chi connectivity index (χ3v) is 1.90. The van der Waals surface area contributed by atoms with Crippen LogP contribution in [0.5, 0.6) is 0 Å². The summed E-state index contributed by atoms with van der Waals surface area (Å²) in [6.45, 7) is 1.41. The van der Waals surface area contributed by atoms with E-state index in [1.165, 1.54) is 13.0 Å². The number of allylic oxidation sites excluding steroid dienone is 3. The molecule has 0 radical (unpaired) electrons. The van der Waals surface area contributed by atoms with Crippen LogP contribution in [-0.4, -0.2) is 11.6 Å². The molecule has 1 aromatic rings. The monoisotopic (exact) mass is 214 g/mol. The van der Waals surface area contributed by atoms with Gasteiger partial charge in [0.25, 0.3) is 0 Å². The molecule has 1 aromatic carbocycles. The molecule has 0 aliphatic rings. The molecule has 0 bridgehead atoms. The van der Waals surface area contributed by atoms with Crippen molar-refractivity contribution in [3.05, 3.63) is 54.1 Å². The minimum Gasteiger partial charge on any atom is -0.300 e. The largest absolute Gasteiger partial charge is 0.300 e. The predicted molar refractivity (Wildman–Crippen MR) is 64.9 cm³/mol. The highest BCUT2D eigenvalue weighted by atomic mass is 16.1. The van der Waals surface area contributed by atoms with Crippen molar-refractivity contribution in [1.29, 1.82) is 0 Å². The molecular formula is C14H14O2. The first-order valence-electron chi connectivity index (χ1n) is 5.10. The summed E-state index contributed by atoms with van der Waals surface area (Å²) >= 11 is 0. The summed E-state index contributed by atoms with van der Waals surface area (Å²) in [6, 6.07) is 9.79. The van der Waals surface area contributed by atoms with Crippen molar-refractivity contribution in [2.45, 2.75) is 13.3 Å². The Hall–Kier alpha value is -1.96. The fourth-order valence-corrected chi connectivity index (χ4v) is 1.20. The van der Waals surface area contributed by atoms with E-state index in [1.54, 1.807) is 12.2 Å². The van der Waals surface area contributed by atoms with Crippen LogP contribution in [0.2, 0.25) is 0 Å². The molecule has 0 aromatic heterocycles. The Morgan fingerprint density at radius 3 is 2.44 bits per heavy atom. The van der Waals surface area contributed by atoms with Crippen LogP contribution >= 0.6 is 0 Å². The van der Waals surface area contributed by atoms with Gasteiger partial charge in [-0.2, -0.15) is 0 Å². The van der Waals surface area contributed by atoms with Crippen LogP contribution in [0.1, 0.15) is 18.9 Å². The number of Topliss-reactive ketones (excluding diaryl/α,β-unsaturated/α-hetero) is 1. The molecule has 16 heavy (non-hydrogen) atoms. The quantitative estimate of drug-likeness (QED) is 0.429. The van der Waals surface area contributed by atoms with Gasteiger partial charge in [0.05, 0.1) is 6.42 Å². The molecule has 0 N–H and O–H groups in total. The van der Waals surface area contributed by atoms with Crippen LogP contribution in [0.3, 0.4) is 0 Å². The van der Waals surface area contributed by atoms with E-state index in [1.807, 2.05) is 36.4 Å². The van der Waals surface area contributed by atoms with Gasteiger partial charge in [-0.3, -0.25) is 9.59 Å². The third kappa shape index (κ3) is 5.05. The molecule has 82 valence electrons. The SMILES string of the molecule is CC(=O)CC(=O)C=CC=Cc1ccccc1. The maximum Gasteiger partial charge on any atom is 0.163 e. The van der Waals surface area contributed by atoms with Gasteiger partial charge in [0.15, 0.2) is 5.78 Å². The van der Waals surface area contributed by atoms with Crippen LogP contribution < -0.4 is 0 Å². The Bertz CT molecular complexity index is 414. The zero-order valence-electron chi connectivity index (χ0n) is 9.22. The summed E-state index contributed by atoms with van der Waals surface area (Å²) in [5.41, 5.74) is 1.08. The Morgan fingerprint density at radius 2 is 1.81 bits per heavy atom. The Balaban J connectivity index is 2.45. The summed E-state index contributed by atoms with van der Waals surface area (Å²) in [5.74, 6) is -0.271. The molecule has 0 aliphatic carbocycles. The van der Waals surface area contributed by atoms with E-state index in [9.17, 15) is 9.59 Å². The normalized spacial score (nSPS) is 11.1. The average molecular weight is 214 g/mol. The number of hydrogen-bond donors (Lipinski definition) is 0. The van der Waals surface area contributed by atoms with E-state index >= 15 is 0 Å². The van der Waals surface area contributed by atoms with Gasteiger partial charge in [0.2, 0.25) is 0 Å². The van der Waals surface area contributed by atoms with Crippen LogP contribution in [-0.2, 0) is 9.59 Å². The zero-order valence-corrected chi connectivity index (χ0v) is 9.22. The molecule has 0 saturated carbocycles. The highest BCUT2D eigenvalue weighted by molar-refractivity contribution is 6.03. The molecular weight excluding hydrogens is 200 g/mol. The van der Waals surface area contributed by atoms with Crippen molar-refractivity contribution in [3.8, 4) is 0 Å². The maximum atomic E-state index is 11.1. The first-order valence-corrected chi connectivity index (χ1v) is 5.10. The highest BCUT2D eigenvalue weighted by Gasteiger charge is 1.98. The fourth-order valence-electron chi connectivity index (χ4n) is 1.20. The van der Waals surface area contributed by atoms with E-state index in [0.717, 1.165) is 5.56 Å². The van der Waals surface area contributed by atoms with Gasteiger partial charge in [-0.15, -0.1) is 0 Å². The molecule has 0 aliphatic heterocycles. The van der Waals surface area contributed by atoms with Crippen molar-refractivity contribution in [2.75, 3.05) is 0 Å². The minimum absolute atomic E-state index is 0.0182. The zero-order chi connectivity index (χ0) is 11.8. The first-order chi connectivity index (χ1) is 7.68. The Kier molecular flexibility index (Phi) is 4.93. The highest BCUT2D eigenvalue weighted by Crippen LogP contribution is 2.00. The standard InChI is InChI=1S/C14H14O2/c1-12(15)11-14(16)10-6-5-9-13-7-3-2-4-8-13/h2-10H,11H2,1H3. The van der Waals surface area contributed by atoms with Crippen molar-refractivity contribution in [1.82, 2.24) is 0 Å². The predicted octanol–water partition coefficient (Wildman–Crippen LogP) is 2.80. The number of benzene rings is 1. The van der Waals surface area contributed by atoms with Gasteiger partial charge in [-0.05, 0) is 18.6 Å². The average Bonchev–Trinajstić information content (AvgIpc) is 2.25. The van der Waals surface area contributed by atoms with Crippen LogP contribution in [0.4, 0.5) is 0 Å². The topological polar surface area (TPSA) is 34.1 Å². The van der Waals surface area contributed by atoms with Crippen molar-refractivity contribution in [2.24, 2.45) is 0 Å². The molecule has 0 spiro atoms. The van der Waals surface area contributed by atoms with Gasteiger partial charge in [-0.1, -0.05) is 48.6 Å². The number of carbonyl (C=O) groups is 2. The van der Waals surface area contributed by atoms with Crippen LogP contribution in [0.25, 0.3) is 6.08 Å². The smallest absolute Gasteiger partial charge is 0.163 e. The maximum absolute atomic E-state index is 11.1. The summed E-state index contributed by atoms with van der Waals surface area (Å²) < 4.78 is 0. The molecule has 0 fully saturated rings. The number of rotatable bonds is 5. The summed E-state index contributed by atoms with van der Waals surface area (Å²) in [4.78, 5) is 21.8. The van der Waals surface area contributed by atoms with Crippen molar-refractivity contribution < 1.29 is 9.59 Å². The minimum atomic E-state index is -0.162. The molecule has 0 unspecified atom stereocenters. The lowest BCUT2D eigenvalue weighted by molar-refractivity contribution is -0.123. The van der Waals surface area contributed by atoms with Crippen molar-refractivity contribution in [3.63, 3.8) is 0 Å². The lowest BCUT2D eigenvalue weighted by Gasteiger charge is -1.89.